The van der Waals surface area contributed by atoms with E-state index in [4.69, 9.17) is 5.11 Å². The number of ketones is 1. The van der Waals surface area contributed by atoms with Gasteiger partial charge in [-0.25, -0.2) is 4.79 Å². The van der Waals surface area contributed by atoms with Gasteiger partial charge in [-0.15, -0.1) is 0 Å². The van der Waals surface area contributed by atoms with Gasteiger partial charge in [-0.2, -0.15) is 0 Å². The summed E-state index contributed by atoms with van der Waals surface area (Å²) in [5.74, 6) is -2.84. The SMILES string of the molecule is CC(C(=O)C(=O)O)c1cccc2ccc3ccccc3c12. The topological polar surface area (TPSA) is 54.4 Å². The lowest BCUT2D eigenvalue weighted by Gasteiger charge is -2.14. The Morgan fingerprint density at radius 1 is 0.905 bits per heavy atom. The molecule has 0 saturated heterocycles. The average molecular weight is 278 g/mol. The maximum Gasteiger partial charge on any atom is 0.372 e. The number of rotatable bonds is 3. The number of carboxylic acid groups (broad SMARTS) is 1. The van der Waals surface area contributed by atoms with E-state index >= 15 is 0 Å². The Bertz CT molecular complexity index is 865. The summed E-state index contributed by atoms with van der Waals surface area (Å²) < 4.78 is 0. The Hall–Kier alpha value is -2.68. The zero-order valence-corrected chi connectivity index (χ0v) is 11.5. The maximum atomic E-state index is 11.8. The highest BCUT2D eigenvalue weighted by atomic mass is 16.4. The molecule has 0 aliphatic rings. The first kappa shape index (κ1) is 13.3. The highest BCUT2D eigenvalue weighted by Gasteiger charge is 2.23. The third kappa shape index (κ3) is 2.17. The van der Waals surface area contributed by atoms with Crippen molar-refractivity contribution in [1.29, 1.82) is 0 Å². The van der Waals surface area contributed by atoms with Crippen LogP contribution in [-0.2, 0) is 9.59 Å². The lowest BCUT2D eigenvalue weighted by Crippen LogP contribution is -2.19. The monoisotopic (exact) mass is 278 g/mol. The Kier molecular flexibility index (Phi) is 3.18. The number of carbonyl (C=O) groups is 2. The van der Waals surface area contributed by atoms with Crippen molar-refractivity contribution >= 4 is 33.3 Å². The van der Waals surface area contributed by atoms with Crippen LogP contribution >= 0.6 is 0 Å². The van der Waals surface area contributed by atoms with E-state index < -0.39 is 17.7 Å². The molecule has 21 heavy (non-hydrogen) atoms. The minimum Gasteiger partial charge on any atom is -0.475 e. The number of benzene rings is 3. The molecule has 0 amide bonds. The molecule has 0 bridgehead atoms. The molecule has 104 valence electrons. The average Bonchev–Trinajstić information content (AvgIpc) is 2.52. The van der Waals surface area contributed by atoms with E-state index in [-0.39, 0.29) is 0 Å². The predicted molar refractivity (Wildman–Crippen MR) is 82.5 cm³/mol. The van der Waals surface area contributed by atoms with E-state index in [2.05, 4.69) is 0 Å². The minimum atomic E-state index is -1.39. The zero-order chi connectivity index (χ0) is 15.0. The van der Waals surface area contributed by atoms with E-state index in [0.717, 1.165) is 27.1 Å². The summed E-state index contributed by atoms with van der Waals surface area (Å²) in [4.78, 5) is 22.8. The van der Waals surface area contributed by atoms with Crippen molar-refractivity contribution in [3.8, 4) is 0 Å². The molecule has 1 unspecified atom stereocenters. The molecule has 0 fully saturated rings. The lowest BCUT2D eigenvalue weighted by molar-refractivity contribution is -0.149. The Morgan fingerprint density at radius 2 is 1.57 bits per heavy atom. The van der Waals surface area contributed by atoms with Crippen molar-refractivity contribution in [2.75, 3.05) is 0 Å². The molecule has 0 spiro atoms. The summed E-state index contributed by atoms with van der Waals surface area (Å²) in [6, 6.07) is 17.6. The second-order valence-electron chi connectivity index (χ2n) is 5.12. The van der Waals surface area contributed by atoms with E-state index in [9.17, 15) is 9.59 Å². The quantitative estimate of drug-likeness (QED) is 0.586. The summed E-state index contributed by atoms with van der Waals surface area (Å²) in [5, 5.41) is 13.0. The van der Waals surface area contributed by atoms with E-state index in [1.54, 1.807) is 6.92 Å². The highest BCUT2D eigenvalue weighted by Crippen LogP contribution is 2.32. The molecule has 1 atom stereocenters. The number of carbonyl (C=O) groups excluding carboxylic acids is 1. The molecule has 0 aliphatic carbocycles. The van der Waals surface area contributed by atoms with Crippen LogP contribution in [-0.4, -0.2) is 16.9 Å². The Morgan fingerprint density at radius 3 is 2.33 bits per heavy atom. The van der Waals surface area contributed by atoms with Crippen LogP contribution in [0.1, 0.15) is 18.4 Å². The molecule has 0 saturated carbocycles. The highest BCUT2D eigenvalue weighted by molar-refractivity contribution is 6.35. The van der Waals surface area contributed by atoms with E-state index in [1.165, 1.54) is 0 Å². The third-order valence-electron chi connectivity index (χ3n) is 3.87. The van der Waals surface area contributed by atoms with Gasteiger partial charge in [0.2, 0.25) is 5.78 Å². The molecular weight excluding hydrogens is 264 g/mol. The smallest absolute Gasteiger partial charge is 0.372 e. The molecule has 0 aliphatic heterocycles. The largest absolute Gasteiger partial charge is 0.475 e. The molecule has 1 N–H and O–H groups in total. The van der Waals surface area contributed by atoms with Gasteiger partial charge in [0.15, 0.2) is 0 Å². The first-order chi connectivity index (χ1) is 10.1. The number of Topliss-reactive ketones (excluding diaryl/α,β-unsaturated/α-hetero) is 1. The van der Waals surface area contributed by atoms with Crippen LogP contribution in [0, 0.1) is 0 Å². The van der Waals surface area contributed by atoms with Crippen molar-refractivity contribution in [2.45, 2.75) is 12.8 Å². The van der Waals surface area contributed by atoms with Crippen LogP contribution in [0.5, 0.6) is 0 Å². The summed E-state index contributed by atoms with van der Waals surface area (Å²) in [7, 11) is 0. The maximum absolute atomic E-state index is 11.8. The first-order valence-corrected chi connectivity index (χ1v) is 6.77. The van der Waals surface area contributed by atoms with Crippen LogP contribution in [0.3, 0.4) is 0 Å². The van der Waals surface area contributed by atoms with E-state index in [1.807, 2.05) is 54.6 Å². The Balaban J connectivity index is 2.35. The van der Waals surface area contributed by atoms with Crippen LogP contribution in [0.2, 0.25) is 0 Å². The third-order valence-corrected chi connectivity index (χ3v) is 3.87. The van der Waals surface area contributed by atoms with Crippen LogP contribution in [0.4, 0.5) is 0 Å². The van der Waals surface area contributed by atoms with Crippen molar-refractivity contribution in [3.05, 3.63) is 60.2 Å². The number of hydrogen-bond donors (Lipinski definition) is 1. The van der Waals surface area contributed by atoms with Crippen LogP contribution in [0.25, 0.3) is 21.5 Å². The fourth-order valence-corrected chi connectivity index (χ4v) is 2.78. The van der Waals surface area contributed by atoms with Gasteiger partial charge in [-0.3, -0.25) is 4.79 Å². The molecule has 3 aromatic carbocycles. The van der Waals surface area contributed by atoms with Gasteiger partial charge in [0.25, 0.3) is 0 Å². The van der Waals surface area contributed by atoms with Crippen LogP contribution in [0.15, 0.2) is 54.6 Å². The predicted octanol–water partition coefficient (Wildman–Crippen LogP) is 3.75. The van der Waals surface area contributed by atoms with Crippen LogP contribution < -0.4 is 0 Å². The molecule has 0 heterocycles. The number of aliphatic carboxylic acids is 1. The second kappa shape index (κ2) is 5.02. The lowest BCUT2D eigenvalue weighted by atomic mass is 9.89. The molecule has 3 nitrogen and oxygen atoms in total. The molecule has 3 heteroatoms. The van der Waals surface area contributed by atoms with Gasteiger partial charge in [0, 0.05) is 0 Å². The van der Waals surface area contributed by atoms with Crippen molar-refractivity contribution in [2.24, 2.45) is 0 Å². The molecular formula is C18H14O3. The molecule has 3 aromatic rings. The van der Waals surface area contributed by atoms with Crippen molar-refractivity contribution < 1.29 is 14.7 Å². The fraction of sp³-hybridized carbons (Fsp3) is 0.111. The fourth-order valence-electron chi connectivity index (χ4n) is 2.78. The molecule has 0 radical (unpaired) electrons. The summed E-state index contributed by atoms with van der Waals surface area (Å²) >= 11 is 0. The van der Waals surface area contributed by atoms with Crippen molar-refractivity contribution in [3.63, 3.8) is 0 Å². The van der Waals surface area contributed by atoms with Gasteiger partial charge < -0.3 is 5.11 Å². The normalized spacial score (nSPS) is 12.4. The van der Waals surface area contributed by atoms with Gasteiger partial charge in [0.05, 0.1) is 5.92 Å². The first-order valence-electron chi connectivity index (χ1n) is 6.77. The molecule has 0 aromatic heterocycles. The summed E-state index contributed by atoms with van der Waals surface area (Å²) in [6.45, 7) is 1.65. The minimum absolute atomic E-state index is 0.669. The Labute approximate surface area is 121 Å². The number of fused-ring (bicyclic) bond motifs is 3. The van der Waals surface area contributed by atoms with E-state index in [0.29, 0.717) is 0 Å². The number of hydrogen-bond acceptors (Lipinski definition) is 2. The van der Waals surface area contributed by atoms with Crippen molar-refractivity contribution in [1.82, 2.24) is 0 Å². The second-order valence-corrected chi connectivity index (χ2v) is 5.12. The van der Waals surface area contributed by atoms with Gasteiger partial charge in [-0.05, 0) is 27.1 Å². The zero-order valence-electron chi connectivity index (χ0n) is 11.5. The standard InChI is InChI=1S/C18H14O3/c1-11(17(19)18(20)21)14-8-4-6-13-10-9-12-5-2-3-7-15(12)16(13)14/h2-11H,1H3,(H,20,21). The van der Waals surface area contributed by atoms with Gasteiger partial charge >= 0.3 is 5.97 Å². The van der Waals surface area contributed by atoms with Gasteiger partial charge in [0.1, 0.15) is 0 Å². The molecule has 3 rings (SSSR count). The summed E-state index contributed by atoms with van der Waals surface area (Å²) in [6.07, 6.45) is 0. The van der Waals surface area contributed by atoms with Gasteiger partial charge in [-0.1, -0.05) is 61.5 Å². The summed E-state index contributed by atoms with van der Waals surface area (Å²) in [5.41, 5.74) is 0.761. The number of carboxylic acids is 1.